The first-order chi connectivity index (χ1) is 9.74. The van der Waals surface area contributed by atoms with Gasteiger partial charge in [-0.1, -0.05) is 13.3 Å². The molecule has 2 rings (SSSR count). The number of rotatable bonds is 8. The summed E-state index contributed by atoms with van der Waals surface area (Å²) in [6.07, 6.45) is 3.98. The summed E-state index contributed by atoms with van der Waals surface area (Å²) in [7, 11) is 1.73. The fourth-order valence-corrected chi connectivity index (χ4v) is 3.80. The SMILES string of the molecule is CCCC1CCN(c2nc(C)c(CNCCOC)s2)C1. The highest BCUT2D eigenvalue weighted by molar-refractivity contribution is 7.15. The van der Waals surface area contributed by atoms with E-state index in [1.54, 1.807) is 7.11 Å². The lowest BCUT2D eigenvalue weighted by Crippen LogP contribution is -2.19. The van der Waals surface area contributed by atoms with E-state index in [4.69, 9.17) is 9.72 Å². The van der Waals surface area contributed by atoms with Crippen molar-refractivity contribution in [3.63, 3.8) is 0 Å². The van der Waals surface area contributed by atoms with Crippen LogP contribution in [0.1, 0.15) is 36.8 Å². The summed E-state index contributed by atoms with van der Waals surface area (Å²) in [4.78, 5) is 8.58. The molecule has 2 heterocycles. The second-order valence-corrected chi connectivity index (χ2v) is 6.63. The topological polar surface area (TPSA) is 37.4 Å². The van der Waals surface area contributed by atoms with Gasteiger partial charge in [-0.3, -0.25) is 0 Å². The molecule has 5 heteroatoms. The fraction of sp³-hybridized carbons (Fsp3) is 0.800. The Morgan fingerprint density at radius 3 is 3.10 bits per heavy atom. The van der Waals surface area contributed by atoms with Crippen LogP contribution >= 0.6 is 11.3 Å². The molecule has 114 valence electrons. The van der Waals surface area contributed by atoms with Crippen molar-refractivity contribution in [2.45, 2.75) is 39.7 Å². The first-order valence-corrected chi connectivity index (χ1v) is 8.47. The van der Waals surface area contributed by atoms with E-state index >= 15 is 0 Å². The van der Waals surface area contributed by atoms with Gasteiger partial charge in [0.2, 0.25) is 0 Å². The number of aromatic nitrogens is 1. The molecule has 1 N–H and O–H groups in total. The minimum atomic E-state index is 0.759. The summed E-state index contributed by atoms with van der Waals surface area (Å²) in [6.45, 7) is 9.32. The number of aryl methyl sites for hydroxylation is 1. The van der Waals surface area contributed by atoms with E-state index in [2.05, 4.69) is 24.1 Å². The van der Waals surface area contributed by atoms with Crippen molar-refractivity contribution < 1.29 is 4.74 Å². The Labute approximate surface area is 126 Å². The van der Waals surface area contributed by atoms with Crippen LogP contribution in [0.4, 0.5) is 5.13 Å². The molecule has 1 atom stereocenters. The molecule has 1 aliphatic heterocycles. The van der Waals surface area contributed by atoms with Crippen LogP contribution in [0.5, 0.6) is 0 Å². The van der Waals surface area contributed by atoms with Crippen LogP contribution in [0.25, 0.3) is 0 Å². The van der Waals surface area contributed by atoms with E-state index in [0.29, 0.717) is 0 Å². The largest absolute Gasteiger partial charge is 0.383 e. The summed E-state index contributed by atoms with van der Waals surface area (Å²) in [5.41, 5.74) is 1.17. The van der Waals surface area contributed by atoms with E-state index in [1.165, 1.54) is 48.1 Å². The number of hydrogen-bond donors (Lipinski definition) is 1. The van der Waals surface area contributed by atoms with E-state index in [9.17, 15) is 0 Å². The summed E-state index contributed by atoms with van der Waals surface area (Å²) >= 11 is 1.85. The fourth-order valence-electron chi connectivity index (χ4n) is 2.74. The number of methoxy groups -OCH3 is 1. The third-order valence-corrected chi connectivity index (χ3v) is 5.12. The highest BCUT2D eigenvalue weighted by Gasteiger charge is 2.24. The molecule has 0 aliphatic carbocycles. The Morgan fingerprint density at radius 2 is 2.35 bits per heavy atom. The highest BCUT2D eigenvalue weighted by atomic mass is 32.1. The Bertz CT molecular complexity index is 408. The third kappa shape index (κ3) is 4.17. The standard InChI is InChI=1S/C15H27N3OS/c1-4-5-13-6-8-18(11-13)15-17-12(2)14(20-15)10-16-7-9-19-3/h13,16H,4-11H2,1-3H3. The van der Waals surface area contributed by atoms with Gasteiger partial charge in [-0.25, -0.2) is 4.98 Å². The monoisotopic (exact) mass is 297 g/mol. The van der Waals surface area contributed by atoms with Crippen molar-refractivity contribution in [2.24, 2.45) is 5.92 Å². The molecule has 1 aromatic rings. The van der Waals surface area contributed by atoms with Gasteiger partial charge < -0.3 is 15.0 Å². The lowest BCUT2D eigenvalue weighted by atomic mass is 10.0. The predicted molar refractivity (Wildman–Crippen MR) is 85.7 cm³/mol. The van der Waals surface area contributed by atoms with Crippen molar-refractivity contribution in [3.8, 4) is 0 Å². The van der Waals surface area contributed by atoms with Crippen LogP contribution in [-0.2, 0) is 11.3 Å². The maximum atomic E-state index is 5.05. The van der Waals surface area contributed by atoms with Crippen LogP contribution in [0.2, 0.25) is 0 Å². The Morgan fingerprint density at radius 1 is 1.50 bits per heavy atom. The van der Waals surface area contributed by atoms with Gasteiger partial charge in [0.05, 0.1) is 12.3 Å². The van der Waals surface area contributed by atoms with Crippen molar-refractivity contribution in [2.75, 3.05) is 38.3 Å². The van der Waals surface area contributed by atoms with Gasteiger partial charge in [0.25, 0.3) is 0 Å². The summed E-state index contributed by atoms with van der Waals surface area (Å²) in [6, 6.07) is 0. The van der Waals surface area contributed by atoms with E-state index in [0.717, 1.165) is 25.6 Å². The van der Waals surface area contributed by atoms with Crippen LogP contribution in [0.3, 0.4) is 0 Å². The number of nitrogens with zero attached hydrogens (tertiary/aromatic N) is 2. The van der Waals surface area contributed by atoms with Gasteiger partial charge in [-0.05, 0) is 25.7 Å². The van der Waals surface area contributed by atoms with Crippen LogP contribution < -0.4 is 10.2 Å². The van der Waals surface area contributed by atoms with E-state index in [1.807, 2.05) is 11.3 Å². The smallest absolute Gasteiger partial charge is 0.185 e. The lowest BCUT2D eigenvalue weighted by molar-refractivity contribution is 0.199. The molecule has 1 aromatic heterocycles. The molecule has 0 spiro atoms. The molecule has 0 saturated carbocycles. The van der Waals surface area contributed by atoms with Gasteiger partial charge in [-0.15, -0.1) is 11.3 Å². The Balaban J connectivity index is 1.87. The van der Waals surface area contributed by atoms with Crippen LogP contribution in [-0.4, -0.2) is 38.3 Å². The molecule has 0 aromatic carbocycles. The van der Waals surface area contributed by atoms with Crippen molar-refractivity contribution in [1.29, 1.82) is 0 Å². The molecule has 0 bridgehead atoms. The third-order valence-electron chi connectivity index (χ3n) is 3.90. The van der Waals surface area contributed by atoms with Crippen molar-refractivity contribution in [3.05, 3.63) is 10.6 Å². The van der Waals surface area contributed by atoms with Gasteiger partial charge in [0.15, 0.2) is 5.13 Å². The summed E-state index contributed by atoms with van der Waals surface area (Å²) < 4.78 is 5.05. The highest BCUT2D eigenvalue weighted by Crippen LogP contribution is 2.31. The number of ether oxygens (including phenoxy) is 1. The first kappa shape index (κ1) is 15.7. The summed E-state index contributed by atoms with van der Waals surface area (Å²) in [5.74, 6) is 0.868. The maximum absolute atomic E-state index is 5.05. The molecule has 1 unspecified atom stereocenters. The zero-order chi connectivity index (χ0) is 14.4. The minimum Gasteiger partial charge on any atom is -0.383 e. The number of anilines is 1. The van der Waals surface area contributed by atoms with Crippen molar-refractivity contribution >= 4 is 16.5 Å². The average molecular weight is 297 g/mol. The van der Waals surface area contributed by atoms with Gasteiger partial charge in [-0.2, -0.15) is 0 Å². The van der Waals surface area contributed by atoms with Crippen molar-refractivity contribution in [1.82, 2.24) is 10.3 Å². The molecule has 0 amide bonds. The molecular formula is C15H27N3OS. The molecule has 1 fully saturated rings. The first-order valence-electron chi connectivity index (χ1n) is 7.65. The lowest BCUT2D eigenvalue weighted by Gasteiger charge is -2.14. The zero-order valence-electron chi connectivity index (χ0n) is 12.9. The molecule has 1 saturated heterocycles. The molecular weight excluding hydrogens is 270 g/mol. The predicted octanol–water partition coefficient (Wildman–Crippen LogP) is 2.81. The molecule has 1 aliphatic rings. The van der Waals surface area contributed by atoms with E-state index < -0.39 is 0 Å². The maximum Gasteiger partial charge on any atom is 0.185 e. The second kappa shape index (κ2) is 7.96. The summed E-state index contributed by atoms with van der Waals surface area (Å²) in [5, 5.41) is 4.62. The average Bonchev–Trinajstić information content (AvgIpc) is 3.03. The molecule has 4 nitrogen and oxygen atoms in total. The number of hydrogen-bond acceptors (Lipinski definition) is 5. The normalized spacial score (nSPS) is 18.9. The molecule has 20 heavy (non-hydrogen) atoms. The minimum absolute atomic E-state index is 0.759. The van der Waals surface area contributed by atoms with Crippen LogP contribution in [0, 0.1) is 12.8 Å². The van der Waals surface area contributed by atoms with Crippen LogP contribution in [0.15, 0.2) is 0 Å². The molecule has 0 radical (unpaired) electrons. The van der Waals surface area contributed by atoms with Gasteiger partial charge in [0, 0.05) is 38.2 Å². The quantitative estimate of drug-likeness (QED) is 0.749. The number of nitrogens with one attached hydrogen (secondary N) is 1. The van der Waals surface area contributed by atoms with Gasteiger partial charge >= 0.3 is 0 Å². The zero-order valence-corrected chi connectivity index (χ0v) is 13.8. The van der Waals surface area contributed by atoms with E-state index in [-0.39, 0.29) is 0 Å². The Kier molecular flexibility index (Phi) is 6.26. The Hall–Kier alpha value is -0.650. The van der Waals surface area contributed by atoms with Gasteiger partial charge in [0.1, 0.15) is 0 Å². The number of thiazole rings is 1. The second-order valence-electron chi connectivity index (χ2n) is 5.56.